The van der Waals surface area contributed by atoms with E-state index in [1.165, 1.54) is 5.56 Å². The molecular weight excluding hydrogens is 334 g/mol. The van der Waals surface area contributed by atoms with Crippen LogP contribution in [-0.2, 0) is 4.79 Å². The molecule has 0 aliphatic carbocycles. The molecule has 0 saturated carbocycles. The molecule has 0 bridgehead atoms. The van der Waals surface area contributed by atoms with Gasteiger partial charge in [-0.2, -0.15) is 0 Å². The van der Waals surface area contributed by atoms with Crippen molar-refractivity contribution in [1.82, 2.24) is 10.2 Å². The Hall–Kier alpha value is -2.33. The molecule has 4 nitrogen and oxygen atoms in total. The summed E-state index contributed by atoms with van der Waals surface area (Å²) in [6, 6.07) is 21.1. The highest BCUT2D eigenvalue weighted by Gasteiger charge is 2.50. The van der Waals surface area contributed by atoms with E-state index in [-0.39, 0.29) is 11.4 Å². The Kier molecular flexibility index (Phi) is 5.17. The Bertz CT molecular complexity index is 754. The molecule has 0 radical (unpaired) electrons. The predicted octanol–water partition coefficient (Wildman–Crippen LogP) is 3.61. The van der Waals surface area contributed by atoms with Crippen LogP contribution in [0, 0.1) is 0 Å². The summed E-state index contributed by atoms with van der Waals surface area (Å²) >= 11 is 0. The van der Waals surface area contributed by atoms with Crippen LogP contribution < -0.4 is 10.2 Å². The maximum atomic E-state index is 12.7. The van der Waals surface area contributed by atoms with Gasteiger partial charge < -0.3 is 15.1 Å². The van der Waals surface area contributed by atoms with Crippen molar-refractivity contribution in [3.8, 4) is 0 Å². The molecule has 1 spiro atoms. The molecule has 4 rings (SSSR count). The smallest absolute Gasteiger partial charge is 0.247 e. The quantitative estimate of drug-likeness (QED) is 0.881. The van der Waals surface area contributed by atoms with Crippen molar-refractivity contribution in [2.45, 2.75) is 37.6 Å². The van der Waals surface area contributed by atoms with Gasteiger partial charge in [-0.15, -0.1) is 0 Å². The van der Waals surface area contributed by atoms with Crippen LogP contribution in [0.15, 0.2) is 60.7 Å². The highest BCUT2D eigenvalue weighted by molar-refractivity contribution is 5.93. The van der Waals surface area contributed by atoms with E-state index in [1.54, 1.807) is 0 Å². The average molecular weight is 364 g/mol. The molecule has 4 heteroatoms. The number of nitrogens with zero attached hydrogens (tertiary/aromatic N) is 2. The van der Waals surface area contributed by atoms with Crippen molar-refractivity contribution in [3.63, 3.8) is 0 Å². The SMILES string of the molecule is CC(CCN1CCC2(CC1)C(=O)NCN2c1ccccc1)c1ccccc1. The first-order valence-corrected chi connectivity index (χ1v) is 10.1. The number of rotatable bonds is 5. The lowest BCUT2D eigenvalue weighted by atomic mass is 9.85. The van der Waals surface area contributed by atoms with Gasteiger partial charge in [0.25, 0.3) is 0 Å². The number of hydrogen-bond donors (Lipinski definition) is 1. The molecule has 1 N–H and O–H groups in total. The number of benzene rings is 2. The molecule has 27 heavy (non-hydrogen) atoms. The third-order valence-electron chi connectivity index (χ3n) is 6.34. The van der Waals surface area contributed by atoms with Gasteiger partial charge in [-0.25, -0.2) is 0 Å². The Morgan fingerprint density at radius 3 is 2.30 bits per heavy atom. The summed E-state index contributed by atoms with van der Waals surface area (Å²) < 4.78 is 0. The largest absolute Gasteiger partial charge is 0.339 e. The molecule has 2 aliphatic heterocycles. The molecule has 2 fully saturated rings. The maximum absolute atomic E-state index is 12.7. The van der Waals surface area contributed by atoms with Gasteiger partial charge in [0.2, 0.25) is 5.91 Å². The molecule has 2 saturated heterocycles. The molecule has 142 valence electrons. The van der Waals surface area contributed by atoms with Gasteiger partial charge in [-0.3, -0.25) is 4.79 Å². The minimum atomic E-state index is -0.372. The lowest BCUT2D eigenvalue weighted by Crippen LogP contribution is -2.56. The molecule has 2 aromatic carbocycles. The molecule has 2 aliphatic rings. The second kappa shape index (κ2) is 7.73. The maximum Gasteiger partial charge on any atom is 0.247 e. The number of hydrogen-bond acceptors (Lipinski definition) is 3. The van der Waals surface area contributed by atoms with Crippen LogP contribution in [0.1, 0.15) is 37.7 Å². The summed E-state index contributed by atoms with van der Waals surface area (Å²) in [5.41, 5.74) is 2.18. The Balaban J connectivity index is 1.37. The molecule has 2 aromatic rings. The van der Waals surface area contributed by atoms with Gasteiger partial charge in [0, 0.05) is 18.8 Å². The average Bonchev–Trinajstić information content (AvgIpc) is 3.04. The number of anilines is 1. The van der Waals surface area contributed by atoms with E-state index < -0.39 is 0 Å². The van der Waals surface area contributed by atoms with Crippen molar-refractivity contribution in [2.75, 3.05) is 31.2 Å². The summed E-state index contributed by atoms with van der Waals surface area (Å²) in [5.74, 6) is 0.765. The molecule has 2 heterocycles. The lowest BCUT2D eigenvalue weighted by molar-refractivity contribution is -0.125. The van der Waals surface area contributed by atoms with Crippen LogP contribution in [0.4, 0.5) is 5.69 Å². The number of nitrogens with one attached hydrogen (secondary N) is 1. The Morgan fingerprint density at radius 2 is 1.63 bits per heavy atom. The first-order chi connectivity index (χ1) is 13.2. The van der Waals surface area contributed by atoms with Crippen molar-refractivity contribution < 1.29 is 4.79 Å². The third kappa shape index (κ3) is 3.59. The van der Waals surface area contributed by atoms with Crippen LogP contribution in [0.2, 0.25) is 0 Å². The van der Waals surface area contributed by atoms with Gasteiger partial charge in [0.1, 0.15) is 5.54 Å². The van der Waals surface area contributed by atoms with Crippen LogP contribution in [0.3, 0.4) is 0 Å². The number of likely N-dealkylation sites (tertiary alicyclic amines) is 1. The van der Waals surface area contributed by atoms with Crippen molar-refractivity contribution in [3.05, 3.63) is 66.2 Å². The Morgan fingerprint density at radius 1 is 1.00 bits per heavy atom. The molecule has 1 unspecified atom stereocenters. The van der Waals surface area contributed by atoms with E-state index in [2.05, 4.69) is 64.5 Å². The number of para-hydroxylation sites is 1. The summed E-state index contributed by atoms with van der Waals surface area (Å²) in [4.78, 5) is 17.5. The lowest BCUT2D eigenvalue weighted by Gasteiger charge is -2.43. The third-order valence-corrected chi connectivity index (χ3v) is 6.34. The van der Waals surface area contributed by atoms with E-state index in [9.17, 15) is 4.79 Å². The van der Waals surface area contributed by atoms with Crippen molar-refractivity contribution >= 4 is 11.6 Å². The van der Waals surface area contributed by atoms with Gasteiger partial charge in [-0.05, 0) is 49.4 Å². The van der Waals surface area contributed by atoms with E-state index >= 15 is 0 Å². The minimum absolute atomic E-state index is 0.198. The second-order valence-corrected chi connectivity index (χ2v) is 7.90. The van der Waals surface area contributed by atoms with Crippen LogP contribution in [-0.4, -0.2) is 42.6 Å². The number of carbonyl (C=O) groups is 1. The summed E-state index contributed by atoms with van der Waals surface area (Å²) in [6.45, 7) is 5.99. The standard InChI is InChI=1S/C23H29N3O/c1-19(20-8-4-2-5-9-20)12-15-25-16-13-23(14-17-25)22(27)24-18-26(23)21-10-6-3-7-11-21/h2-11,19H,12-18H2,1H3,(H,24,27). The van der Waals surface area contributed by atoms with E-state index in [4.69, 9.17) is 0 Å². The predicted molar refractivity (Wildman–Crippen MR) is 110 cm³/mol. The summed E-state index contributed by atoms with van der Waals surface area (Å²) in [5, 5.41) is 3.08. The molecular formula is C23H29N3O. The fraction of sp³-hybridized carbons (Fsp3) is 0.435. The zero-order valence-corrected chi connectivity index (χ0v) is 16.1. The van der Waals surface area contributed by atoms with Crippen LogP contribution in [0.25, 0.3) is 0 Å². The fourth-order valence-corrected chi connectivity index (χ4v) is 4.50. The Labute approximate surface area is 162 Å². The van der Waals surface area contributed by atoms with Gasteiger partial charge in [-0.1, -0.05) is 55.5 Å². The molecule has 0 aromatic heterocycles. The fourth-order valence-electron chi connectivity index (χ4n) is 4.50. The van der Waals surface area contributed by atoms with Crippen LogP contribution >= 0.6 is 0 Å². The van der Waals surface area contributed by atoms with E-state index in [0.717, 1.165) is 44.6 Å². The van der Waals surface area contributed by atoms with Crippen LogP contribution in [0.5, 0.6) is 0 Å². The number of piperidine rings is 1. The zero-order valence-electron chi connectivity index (χ0n) is 16.1. The van der Waals surface area contributed by atoms with Crippen molar-refractivity contribution in [1.29, 1.82) is 0 Å². The highest BCUT2D eigenvalue weighted by atomic mass is 16.2. The number of carbonyl (C=O) groups excluding carboxylic acids is 1. The highest BCUT2D eigenvalue weighted by Crippen LogP contribution is 2.36. The van der Waals surface area contributed by atoms with Gasteiger partial charge in [0.15, 0.2) is 0 Å². The number of amides is 1. The summed E-state index contributed by atoms with van der Waals surface area (Å²) in [7, 11) is 0. The molecule has 1 amide bonds. The first-order valence-electron chi connectivity index (χ1n) is 10.1. The minimum Gasteiger partial charge on any atom is -0.339 e. The normalized spacial score (nSPS) is 20.6. The summed E-state index contributed by atoms with van der Waals surface area (Å²) in [6.07, 6.45) is 2.95. The molecule has 1 atom stereocenters. The monoisotopic (exact) mass is 363 g/mol. The van der Waals surface area contributed by atoms with Gasteiger partial charge in [0.05, 0.1) is 6.67 Å². The topological polar surface area (TPSA) is 35.6 Å². The van der Waals surface area contributed by atoms with Gasteiger partial charge >= 0.3 is 0 Å². The zero-order chi connectivity index (χ0) is 18.7. The van der Waals surface area contributed by atoms with Crippen molar-refractivity contribution in [2.24, 2.45) is 0 Å². The second-order valence-electron chi connectivity index (χ2n) is 7.90. The van der Waals surface area contributed by atoms with E-state index in [1.807, 2.05) is 18.2 Å². The van der Waals surface area contributed by atoms with E-state index in [0.29, 0.717) is 12.6 Å². The first kappa shape index (κ1) is 18.1.